The van der Waals surface area contributed by atoms with Crippen molar-refractivity contribution in [1.82, 2.24) is 4.90 Å². The molecule has 1 aromatic rings. The Morgan fingerprint density at radius 3 is 2.52 bits per heavy atom. The number of fused-ring (bicyclic) bond motifs is 2. The number of nitro groups is 1. The number of piperidine rings is 1. The molecule has 2 saturated heterocycles. The zero-order valence-corrected chi connectivity index (χ0v) is 11.4. The molecule has 7 nitrogen and oxygen atoms in total. The van der Waals surface area contributed by atoms with E-state index in [1.807, 2.05) is 0 Å². The number of nitrogens with two attached hydrogens (primary N) is 1. The molecule has 0 saturated carbocycles. The number of hydrogen-bond donors (Lipinski definition) is 2. The van der Waals surface area contributed by atoms with Crippen LogP contribution in [0.4, 0.5) is 11.4 Å². The van der Waals surface area contributed by atoms with Crippen LogP contribution in [-0.4, -0.2) is 39.0 Å². The Balaban J connectivity index is 1.93. The molecule has 2 atom stereocenters. The Hall–Kier alpha value is -2.15. The highest BCUT2D eigenvalue weighted by Gasteiger charge is 2.43. The minimum atomic E-state index is -0.583. The largest absolute Gasteiger partial charge is 0.393 e. The van der Waals surface area contributed by atoms with Gasteiger partial charge in [-0.25, -0.2) is 0 Å². The highest BCUT2D eigenvalue weighted by atomic mass is 16.6. The van der Waals surface area contributed by atoms with Crippen molar-refractivity contribution in [2.24, 2.45) is 0 Å². The first-order chi connectivity index (χ1) is 9.99. The summed E-state index contributed by atoms with van der Waals surface area (Å²) in [5.41, 5.74) is 5.64. The van der Waals surface area contributed by atoms with Crippen LogP contribution in [0.25, 0.3) is 0 Å². The standard InChI is InChI=1S/C14H17N3O4/c15-13-11(2-1-3-12(13)17(20)21)14(19)16-8-4-5-9(16)7-10(18)6-8/h1-3,8-10,18H,4-7,15H2. The summed E-state index contributed by atoms with van der Waals surface area (Å²) in [7, 11) is 0. The topological polar surface area (TPSA) is 110 Å². The first kappa shape index (κ1) is 13.8. The van der Waals surface area contributed by atoms with E-state index < -0.39 is 4.92 Å². The van der Waals surface area contributed by atoms with E-state index in [0.717, 1.165) is 12.8 Å². The van der Waals surface area contributed by atoms with Crippen LogP contribution in [0.2, 0.25) is 0 Å². The Morgan fingerprint density at radius 2 is 1.95 bits per heavy atom. The van der Waals surface area contributed by atoms with E-state index in [9.17, 15) is 20.0 Å². The molecule has 2 unspecified atom stereocenters. The van der Waals surface area contributed by atoms with Gasteiger partial charge in [0.2, 0.25) is 0 Å². The number of benzene rings is 1. The monoisotopic (exact) mass is 291 g/mol. The third kappa shape index (κ3) is 2.23. The third-order valence-corrected chi connectivity index (χ3v) is 4.45. The Kier molecular flexibility index (Phi) is 3.29. The number of amides is 1. The van der Waals surface area contributed by atoms with Crippen LogP contribution in [0, 0.1) is 10.1 Å². The maximum absolute atomic E-state index is 12.7. The summed E-state index contributed by atoms with van der Waals surface area (Å²) in [6, 6.07) is 4.30. The summed E-state index contributed by atoms with van der Waals surface area (Å²) >= 11 is 0. The molecule has 1 aromatic carbocycles. The van der Waals surface area contributed by atoms with Crippen molar-refractivity contribution < 1.29 is 14.8 Å². The van der Waals surface area contributed by atoms with Gasteiger partial charge in [-0.1, -0.05) is 6.07 Å². The van der Waals surface area contributed by atoms with Gasteiger partial charge in [0.25, 0.3) is 11.6 Å². The van der Waals surface area contributed by atoms with E-state index in [2.05, 4.69) is 0 Å². The van der Waals surface area contributed by atoms with Crippen LogP contribution in [0.3, 0.4) is 0 Å². The van der Waals surface area contributed by atoms with Crippen LogP contribution in [0.5, 0.6) is 0 Å². The van der Waals surface area contributed by atoms with Gasteiger partial charge in [0, 0.05) is 18.2 Å². The summed E-state index contributed by atoms with van der Waals surface area (Å²) in [5.74, 6) is -0.268. The van der Waals surface area contributed by atoms with Crippen molar-refractivity contribution in [2.75, 3.05) is 5.73 Å². The number of para-hydroxylation sites is 1. The molecule has 7 heteroatoms. The smallest absolute Gasteiger partial charge is 0.292 e. The molecular formula is C14H17N3O4. The molecule has 2 bridgehead atoms. The number of hydrogen-bond acceptors (Lipinski definition) is 5. The first-order valence-electron chi connectivity index (χ1n) is 7.02. The number of aliphatic hydroxyl groups is 1. The second-order valence-electron chi connectivity index (χ2n) is 5.72. The molecule has 2 heterocycles. The van der Waals surface area contributed by atoms with Gasteiger partial charge in [-0.05, 0) is 31.7 Å². The number of rotatable bonds is 2. The molecule has 21 heavy (non-hydrogen) atoms. The van der Waals surface area contributed by atoms with Crippen LogP contribution in [0.15, 0.2) is 18.2 Å². The fourth-order valence-electron chi connectivity index (χ4n) is 3.52. The number of carbonyl (C=O) groups is 1. The highest BCUT2D eigenvalue weighted by Crippen LogP contribution is 2.38. The number of carbonyl (C=O) groups excluding carboxylic acids is 1. The summed E-state index contributed by atoms with van der Waals surface area (Å²) in [5, 5.41) is 20.7. The lowest BCUT2D eigenvalue weighted by Gasteiger charge is -2.37. The van der Waals surface area contributed by atoms with Gasteiger partial charge in [-0.3, -0.25) is 14.9 Å². The quantitative estimate of drug-likeness (QED) is 0.485. The normalized spacial score (nSPS) is 27.7. The van der Waals surface area contributed by atoms with Crippen molar-refractivity contribution >= 4 is 17.3 Å². The fraction of sp³-hybridized carbons (Fsp3) is 0.500. The van der Waals surface area contributed by atoms with Gasteiger partial charge in [-0.15, -0.1) is 0 Å². The average molecular weight is 291 g/mol. The SMILES string of the molecule is Nc1c(C(=O)N2C3CCC2CC(O)C3)cccc1[N+](=O)[O-]. The van der Waals surface area contributed by atoms with E-state index >= 15 is 0 Å². The Bertz CT molecular complexity index is 590. The predicted molar refractivity (Wildman–Crippen MR) is 75.7 cm³/mol. The molecule has 2 fully saturated rings. The van der Waals surface area contributed by atoms with E-state index in [4.69, 9.17) is 5.73 Å². The lowest BCUT2D eigenvalue weighted by Crippen LogP contribution is -2.48. The highest BCUT2D eigenvalue weighted by molar-refractivity contribution is 6.01. The van der Waals surface area contributed by atoms with Gasteiger partial charge < -0.3 is 15.7 Å². The van der Waals surface area contributed by atoms with E-state index in [0.29, 0.717) is 12.8 Å². The molecule has 2 aliphatic rings. The summed E-state index contributed by atoms with van der Waals surface area (Å²) < 4.78 is 0. The fourth-order valence-corrected chi connectivity index (χ4v) is 3.52. The number of nitrogen functional groups attached to an aromatic ring is 1. The summed E-state index contributed by atoms with van der Waals surface area (Å²) in [4.78, 5) is 24.8. The Labute approximate surface area is 121 Å². The molecule has 0 spiro atoms. The lowest BCUT2D eigenvalue weighted by atomic mass is 9.98. The molecule has 0 radical (unpaired) electrons. The zero-order chi connectivity index (χ0) is 15.1. The number of anilines is 1. The molecule has 112 valence electrons. The number of nitro benzene ring substituents is 1. The molecule has 0 aliphatic carbocycles. The first-order valence-corrected chi connectivity index (χ1v) is 7.02. The van der Waals surface area contributed by atoms with Crippen LogP contribution >= 0.6 is 0 Å². The molecule has 3 N–H and O–H groups in total. The maximum atomic E-state index is 12.7. The second-order valence-corrected chi connectivity index (χ2v) is 5.72. The molecular weight excluding hydrogens is 274 g/mol. The van der Waals surface area contributed by atoms with Crippen molar-refractivity contribution in [3.63, 3.8) is 0 Å². The molecule has 0 aromatic heterocycles. The maximum Gasteiger partial charge on any atom is 0.292 e. The van der Waals surface area contributed by atoms with E-state index in [1.165, 1.54) is 18.2 Å². The van der Waals surface area contributed by atoms with Crippen LogP contribution in [0.1, 0.15) is 36.0 Å². The van der Waals surface area contributed by atoms with Crippen molar-refractivity contribution in [3.8, 4) is 0 Å². The molecule has 3 rings (SSSR count). The van der Waals surface area contributed by atoms with Crippen LogP contribution in [-0.2, 0) is 0 Å². The van der Waals surface area contributed by atoms with Crippen LogP contribution < -0.4 is 5.73 Å². The summed E-state index contributed by atoms with van der Waals surface area (Å²) in [6.07, 6.45) is 2.49. The predicted octanol–water partition coefficient (Wildman–Crippen LogP) is 1.30. The van der Waals surface area contributed by atoms with Gasteiger partial charge in [-0.2, -0.15) is 0 Å². The zero-order valence-electron chi connectivity index (χ0n) is 11.4. The van der Waals surface area contributed by atoms with Crippen molar-refractivity contribution in [1.29, 1.82) is 0 Å². The van der Waals surface area contributed by atoms with Crippen molar-refractivity contribution in [3.05, 3.63) is 33.9 Å². The minimum absolute atomic E-state index is 0.00455. The van der Waals surface area contributed by atoms with Gasteiger partial charge in [0.15, 0.2) is 0 Å². The molecule has 1 amide bonds. The second kappa shape index (κ2) is 5.00. The van der Waals surface area contributed by atoms with E-state index in [-0.39, 0.29) is 41.0 Å². The molecule has 2 aliphatic heterocycles. The average Bonchev–Trinajstić information content (AvgIpc) is 2.70. The minimum Gasteiger partial charge on any atom is -0.393 e. The lowest BCUT2D eigenvalue weighted by molar-refractivity contribution is -0.383. The summed E-state index contributed by atoms with van der Waals surface area (Å²) in [6.45, 7) is 0. The van der Waals surface area contributed by atoms with Gasteiger partial charge >= 0.3 is 0 Å². The number of nitrogens with zero attached hydrogens (tertiary/aromatic N) is 2. The Morgan fingerprint density at radius 1 is 1.33 bits per heavy atom. The van der Waals surface area contributed by atoms with Crippen molar-refractivity contribution in [2.45, 2.75) is 43.9 Å². The van der Waals surface area contributed by atoms with Gasteiger partial charge in [0.05, 0.1) is 16.6 Å². The van der Waals surface area contributed by atoms with Gasteiger partial charge in [0.1, 0.15) is 5.69 Å². The third-order valence-electron chi connectivity index (χ3n) is 4.45. The van der Waals surface area contributed by atoms with E-state index in [1.54, 1.807) is 4.90 Å². The number of aliphatic hydroxyl groups excluding tert-OH is 1.